The summed E-state index contributed by atoms with van der Waals surface area (Å²) in [4.78, 5) is 50.4. The fraction of sp³-hybridized carbons (Fsp3) is 0.182. The van der Waals surface area contributed by atoms with E-state index in [0.29, 0.717) is 55.9 Å². The molecule has 400 valence electrons. The Bertz CT molecular complexity index is 3190. The number of nitrogens with one attached hydrogen (secondary N) is 4. The van der Waals surface area contributed by atoms with E-state index in [1.807, 2.05) is 0 Å². The van der Waals surface area contributed by atoms with Gasteiger partial charge in [-0.3, -0.25) is 0 Å². The van der Waals surface area contributed by atoms with Crippen molar-refractivity contribution in [3.05, 3.63) is 95.1 Å². The number of nitrogens with two attached hydrogens (primary N) is 6. The Labute approximate surface area is 432 Å². The summed E-state index contributed by atoms with van der Waals surface area (Å²) in [5, 5.41) is 85.9. The van der Waals surface area contributed by atoms with Gasteiger partial charge in [0.05, 0.1) is 0 Å². The lowest BCUT2D eigenvalue weighted by Crippen LogP contribution is -2.20. The number of phenolic OH excluding ortho intramolecular Hbond substituents is 8. The van der Waals surface area contributed by atoms with Crippen molar-refractivity contribution in [3.8, 4) is 46.0 Å². The van der Waals surface area contributed by atoms with Crippen LogP contribution in [0.2, 0.25) is 0 Å². The van der Waals surface area contributed by atoms with Crippen molar-refractivity contribution in [1.29, 1.82) is 0 Å². The highest BCUT2D eigenvalue weighted by atomic mass is 16.3. The van der Waals surface area contributed by atoms with Gasteiger partial charge in [-0.05, 0) is 70.8 Å². The molecule has 8 rings (SSSR count). The molecule has 0 amide bonds. The van der Waals surface area contributed by atoms with E-state index in [1.165, 1.54) is 48.5 Å². The van der Waals surface area contributed by atoms with Gasteiger partial charge in [0.2, 0.25) is 71.4 Å². The first-order valence-corrected chi connectivity index (χ1v) is 21.9. The lowest BCUT2D eigenvalue weighted by atomic mass is 10.2. The summed E-state index contributed by atoms with van der Waals surface area (Å²) in [6.07, 6.45) is 0. The number of rotatable bonds is 14. The molecule has 8 aromatic rings. The highest BCUT2D eigenvalue weighted by molar-refractivity contribution is 5.48. The van der Waals surface area contributed by atoms with Gasteiger partial charge in [0.15, 0.2) is 46.0 Å². The third-order valence-electron chi connectivity index (χ3n) is 9.65. The number of benzene rings is 4. The fourth-order valence-corrected chi connectivity index (χ4v) is 6.05. The molecule has 24 N–H and O–H groups in total. The van der Waals surface area contributed by atoms with Gasteiger partial charge in [-0.2, -0.15) is 59.8 Å². The molecule has 32 nitrogen and oxygen atoms in total. The fourth-order valence-electron chi connectivity index (χ4n) is 6.05. The van der Waals surface area contributed by atoms with Crippen LogP contribution in [0.1, 0.15) is 22.3 Å². The van der Waals surface area contributed by atoms with Crippen molar-refractivity contribution in [2.24, 2.45) is 0 Å². The minimum Gasteiger partial charge on any atom is -0.504 e. The Morgan fingerprint density at radius 1 is 0.342 bits per heavy atom. The summed E-state index contributed by atoms with van der Waals surface area (Å²) < 4.78 is 0. The van der Waals surface area contributed by atoms with Gasteiger partial charge in [-0.1, -0.05) is 24.3 Å². The Morgan fingerprint density at radius 2 is 0.618 bits per heavy atom. The standard InChI is InChI=1S/C12H16N6O2.2C11H14N6O2.C10H12N6O2/c1-14-11-15-10(13)16-12(17-11)18(2)6-7-3-4-8(19)9(20)5-7;1-17(11-15-9(12)14-10(13)16-11)5-6-2-3-7(18)8(19)4-6;1-13-10-15-9(12)16-11(17-10)14-5-6-2-3-7(18)8(19)4-6;11-8-14-9(12)16-10(15-8)13-4-5-1-2-6(17)7(18)3-5/h3-5,19-20H,6H2,1-2H3,(H3,13,14,15,16,17);2-4,18-19H,5H2,1H3,(H4,12,13,14,15,16);2-4,18-19H,5H2,1H3,(H4,12,13,14,15,16,17);1-3,17-18H,4H2,(H5,11,12,13,14,15,16). The number of phenols is 8. The van der Waals surface area contributed by atoms with Crippen LogP contribution in [0.4, 0.5) is 71.4 Å². The third-order valence-corrected chi connectivity index (χ3v) is 9.65. The van der Waals surface area contributed by atoms with Gasteiger partial charge < -0.3 is 106 Å². The van der Waals surface area contributed by atoms with E-state index in [1.54, 1.807) is 62.3 Å². The summed E-state index contributed by atoms with van der Waals surface area (Å²) in [5.74, 6) is 1.06. The van der Waals surface area contributed by atoms with Gasteiger partial charge in [-0.25, -0.2) is 0 Å². The zero-order valence-corrected chi connectivity index (χ0v) is 41.1. The normalized spacial score (nSPS) is 10.3. The number of anilines is 12. The Morgan fingerprint density at radius 3 is 0.987 bits per heavy atom. The van der Waals surface area contributed by atoms with Gasteiger partial charge >= 0.3 is 0 Å². The van der Waals surface area contributed by atoms with Crippen molar-refractivity contribution < 1.29 is 40.9 Å². The maximum atomic E-state index is 9.47. The van der Waals surface area contributed by atoms with Gasteiger partial charge in [0.1, 0.15) is 0 Å². The topological polar surface area (TPSA) is 527 Å². The van der Waals surface area contributed by atoms with E-state index < -0.39 is 0 Å². The van der Waals surface area contributed by atoms with Crippen LogP contribution in [0, 0.1) is 0 Å². The molecule has 0 fully saturated rings. The molecule has 0 atom stereocenters. The molecule has 4 aromatic heterocycles. The van der Waals surface area contributed by atoms with Crippen LogP contribution in [0.5, 0.6) is 46.0 Å². The zero-order chi connectivity index (χ0) is 55.6. The second-order valence-corrected chi connectivity index (χ2v) is 15.6. The quantitative estimate of drug-likeness (QED) is 0.0680. The summed E-state index contributed by atoms with van der Waals surface area (Å²) in [6, 6.07) is 18.2. The van der Waals surface area contributed by atoms with Crippen molar-refractivity contribution in [2.75, 3.05) is 93.7 Å². The number of nitrogens with zero attached hydrogens (tertiary/aromatic N) is 14. The molecule has 0 saturated carbocycles. The van der Waals surface area contributed by atoms with E-state index in [2.05, 4.69) is 81.1 Å². The highest BCUT2D eigenvalue weighted by Crippen LogP contribution is 2.29. The minimum absolute atomic E-state index is 0.0264. The van der Waals surface area contributed by atoms with E-state index in [-0.39, 0.29) is 87.6 Å². The Balaban J connectivity index is 0.000000187. The first-order valence-electron chi connectivity index (χ1n) is 21.9. The SMILES string of the molecule is CN(Cc1ccc(O)c(O)c1)c1nc(N)nc(N)n1.CNc1nc(N)nc(N(C)Cc2ccc(O)c(O)c2)n1.CNc1nc(N)nc(NCc2ccc(O)c(O)c2)n1.Nc1nc(N)nc(NCc2ccc(O)c(O)c2)n1. The molecule has 0 saturated heterocycles. The highest BCUT2D eigenvalue weighted by Gasteiger charge is 2.13. The molecule has 4 aromatic carbocycles. The Hall–Kier alpha value is -11.1. The monoisotopic (exact) mass is 1050 g/mol. The van der Waals surface area contributed by atoms with E-state index in [9.17, 15) is 35.7 Å². The molecule has 0 bridgehead atoms. The van der Waals surface area contributed by atoms with Crippen LogP contribution in [0.25, 0.3) is 0 Å². The Kier molecular flexibility index (Phi) is 19.0. The smallest absolute Gasteiger partial charge is 0.231 e. The molecular weight excluding hydrogens is 993 g/mol. The van der Waals surface area contributed by atoms with Gasteiger partial charge in [0.25, 0.3) is 0 Å². The lowest BCUT2D eigenvalue weighted by Gasteiger charge is -2.18. The van der Waals surface area contributed by atoms with E-state index >= 15 is 0 Å². The van der Waals surface area contributed by atoms with Crippen LogP contribution in [-0.4, -0.2) is 129 Å². The first-order chi connectivity index (χ1) is 36.1. The molecule has 0 spiro atoms. The molecule has 0 unspecified atom stereocenters. The number of nitrogen functional groups attached to an aromatic ring is 6. The molecule has 0 radical (unpaired) electrons. The van der Waals surface area contributed by atoms with Crippen molar-refractivity contribution >= 4 is 71.4 Å². The van der Waals surface area contributed by atoms with Crippen molar-refractivity contribution in [2.45, 2.75) is 26.2 Å². The van der Waals surface area contributed by atoms with Gasteiger partial charge in [-0.15, -0.1) is 0 Å². The van der Waals surface area contributed by atoms with E-state index in [4.69, 9.17) is 39.5 Å². The van der Waals surface area contributed by atoms with Crippen molar-refractivity contribution in [1.82, 2.24) is 59.8 Å². The maximum absolute atomic E-state index is 9.47. The maximum Gasteiger partial charge on any atom is 0.231 e. The van der Waals surface area contributed by atoms with Crippen LogP contribution < -0.4 is 65.5 Å². The molecular formula is C44H56N24O8. The second-order valence-electron chi connectivity index (χ2n) is 15.6. The predicted molar refractivity (Wildman–Crippen MR) is 283 cm³/mol. The molecule has 76 heavy (non-hydrogen) atoms. The van der Waals surface area contributed by atoms with Crippen LogP contribution >= 0.6 is 0 Å². The van der Waals surface area contributed by atoms with Crippen LogP contribution in [0.15, 0.2) is 72.8 Å². The minimum atomic E-state index is -0.191. The summed E-state index contributed by atoms with van der Waals surface area (Å²) in [6.45, 7) is 1.58. The average Bonchev–Trinajstić information content (AvgIpc) is 3.36. The van der Waals surface area contributed by atoms with Crippen LogP contribution in [-0.2, 0) is 26.2 Å². The number of hydrogen-bond acceptors (Lipinski definition) is 32. The predicted octanol–water partition coefficient (Wildman–Crippen LogP) is 1.20. The molecule has 4 heterocycles. The molecule has 0 aliphatic carbocycles. The molecule has 32 heteroatoms. The molecule has 0 aliphatic heterocycles. The average molecular weight is 1050 g/mol. The summed E-state index contributed by atoms with van der Waals surface area (Å²) in [7, 11) is 6.91. The lowest BCUT2D eigenvalue weighted by molar-refractivity contribution is 0.403. The third kappa shape index (κ3) is 17.1. The van der Waals surface area contributed by atoms with Crippen molar-refractivity contribution in [3.63, 3.8) is 0 Å². The number of aromatic nitrogens is 12. The largest absolute Gasteiger partial charge is 0.504 e. The van der Waals surface area contributed by atoms with Crippen LogP contribution in [0.3, 0.4) is 0 Å². The van der Waals surface area contributed by atoms with E-state index in [0.717, 1.165) is 22.3 Å². The molecule has 0 aliphatic rings. The second kappa shape index (κ2) is 25.9. The summed E-state index contributed by atoms with van der Waals surface area (Å²) in [5.41, 5.74) is 36.0. The summed E-state index contributed by atoms with van der Waals surface area (Å²) >= 11 is 0. The number of aromatic hydroxyl groups is 8. The zero-order valence-electron chi connectivity index (χ0n) is 41.1. The first kappa shape index (κ1) is 55.8. The van der Waals surface area contributed by atoms with Gasteiger partial charge in [0, 0.05) is 54.4 Å². The number of hydrogen-bond donors (Lipinski definition) is 18.